The van der Waals surface area contributed by atoms with Crippen molar-refractivity contribution in [2.75, 3.05) is 0 Å². The lowest BCUT2D eigenvalue weighted by molar-refractivity contribution is 0.397. The van der Waals surface area contributed by atoms with Crippen LogP contribution in [0.1, 0.15) is 166 Å². The van der Waals surface area contributed by atoms with E-state index in [0.29, 0.717) is 0 Å². The maximum atomic E-state index is 4.63. The highest BCUT2D eigenvalue weighted by molar-refractivity contribution is 5.86. The molecule has 6 aromatic carbocycles. The van der Waals surface area contributed by atoms with Crippen molar-refractivity contribution < 1.29 is 0 Å². The van der Waals surface area contributed by atoms with Gasteiger partial charge >= 0.3 is 0 Å². The van der Waals surface area contributed by atoms with Gasteiger partial charge in [0.2, 0.25) is 0 Å². The van der Waals surface area contributed by atoms with Crippen molar-refractivity contribution in [1.29, 1.82) is 0 Å². The average Bonchev–Trinajstić information content (AvgIpc) is 3.60. The summed E-state index contributed by atoms with van der Waals surface area (Å²) < 4.78 is 0. The van der Waals surface area contributed by atoms with Crippen LogP contribution in [0.15, 0.2) is 156 Å². The molecule has 0 fully saturated rings. The van der Waals surface area contributed by atoms with E-state index in [1.54, 1.807) is 11.1 Å². The lowest BCUT2D eigenvalue weighted by Crippen LogP contribution is -2.25. The van der Waals surface area contributed by atoms with Crippen molar-refractivity contribution in [3.8, 4) is 44.5 Å². The number of fused-ring (bicyclic) bond motifs is 3. The Morgan fingerprint density at radius 2 is 0.603 bits per heavy atom. The molecule has 0 bridgehead atoms. The maximum Gasteiger partial charge on any atom is 0.0857 e. The summed E-state index contributed by atoms with van der Waals surface area (Å²) in [5, 5.41) is 9.22. The van der Waals surface area contributed by atoms with Crippen LogP contribution in [-0.4, -0.2) is 0 Å². The van der Waals surface area contributed by atoms with Crippen LogP contribution in [0.2, 0.25) is 0 Å². The summed E-state index contributed by atoms with van der Waals surface area (Å²) in [6.07, 6.45) is 29.8. The van der Waals surface area contributed by atoms with Crippen LogP contribution in [-0.2, 0) is 5.41 Å². The number of rotatable bonds is 27. The Morgan fingerprint density at radius 3 is 0.984 bits per heavy atom. The molecule has 1 aliphatic rings. The molecule has 0 heterocycles. The predicted octanol–water partition coefficient (Wildman–Crippen LogP) is 20.0. The fourth-order valence-corrected chi connectivity index (χ4v) is 10.2. The first-order chi connectivity index (χ1) is 31.2. The molecule has 2 nitrogen and oxygen atoms in total. The minimum atomic E-state index is 0.00991. The molecule has 0 saturated heterocycles. The Labute approximate surface area is 381 Å². The van der Waals surface area contributed by atoms with Gasteiger partial charge in [-0.05, 0) is 105 Å². The van der Waals surface area contributed by atoms with E-state index in [1.165, 1.54) is 186 Å². The Bertz CT molecular complexity index is 2230. The lowest BCUT2D eigenvalue weighted by Gasteiger charge is -2.33. The number of nitrogens with zero attached hydrogens (tertiary/aromatic N) is 2. The van der Waals surface area contributed by atoms with Crippen molar-refractivity contribution in [3.05, 3.63) is 157 Å². The molecule has 1 aliphatic carbocycles. The van der Waals surface area contributed by atoms with Crippen molar-refractivity contribution in [2.24, 2.45) is 10.2 Å². The normalized spacial score (nSPS) is 12.8. The summed E-state index contributed by atoms with van der Waals surface area (Å²) in [7, 11) is 0. The molecule has 0 N–H and O–H groups in total. The van der Waals surface area contributed by atoms with Crippen molar-refractivity contribution >= 4 is 11.4 Å². The van der Waals surface area contributed by atoms with Gasteiger partial charge in [0.25, 0.3) is 0 Å². The molecule has 0 saturated carbocycles. The van der Waals surface area contributed by atoms with E-state index in [-0.39, 0.29) is 5.41 Å². The molecule has 0 aromatic heterocycles. The molecule has 0 spiro atoms. The minimum absolute atomic E-state index is 0.00991. The van der Waals surface area contributed by atoms with Crippen LogP contribution in [0.4, 0.5) is 11.4 Å². The smallest absolute Gasteiger partial charge is 0.0857 e. The molecular formula is C61H74N2. The van der Waals surface area contributed by atoms with E-state index in [1.807, 2.05) is 12.1 Å². The Balaban J connectivity index is 1.12. The molecule has 2 heteroatoms. The highest BCUT2D eigenvalue weighted by atomic mass is 15.1. The predicted molar refractivity (Wildman–Crippen MR) is 273 cm³/mol. The molecular weight excluding hydrogens is 761 g/mol. The summed E-state index contributed by atoms with van der Waals surface area (Å²) in [6, 6.07) is 53.3. The highest BCUT2D eigenvalue weighted by Crippen LogP contribution is 2.56. The van der Waals surface area contributed by atoms with Gasteiger partial charge in [0, 0.05) is 5.41 Å². The molecule has 63 heavy (non-hydrogen) atoms. The van der Waals surface area contributed by atoms with Gasteiger partial charge in [0.1, 0.15) is 0 Å². The maximum absolute atomic E-state index is 4.63. The quantitative estimate of drug-likeness (QED) is 0.0365. The molecule has 6 aromatic rings. The molecule has 0 radical (unpaired) electrons. The molecule has 0 unspecified atom stereocenters. The number of azo groups is 1. The minimum Gasteiger partial charge on any atom is -0.151 e. The number of unbranched alkanes of at least 4 members (excludes halogenated alkanes) is 18. The zero-order chi connectivity index (χ0) is 43.4. The second kappa shape index (κ2) is 24.7. The van der Waals surface area contributed by atoms with Crippen LogP contribution in [0, 0.1) is 0 Å². The fourth-order valence-electron chi connectivity index (χ4n) is 10.2. The van der Waals surface area contributed by atoms with E-state index >= 15 is 0 Å². The molecule has 7 rings (SSSR count). The lowest BCUT2D eigenvalue weighted by atomic mass is 9.70. The third kappa shape index (κ3) is 12.8. The summed E-state index contributed by atoms with van der Waals surface area (Å²) in [5.74, 6) is 0. The zero-order valence-electron chi connectivity index (χ0n) is 38.8. The summed E-state index contributed by atoms with van der Waals surface area (Å²) in [4.78, 5) is 0. The summed E-state index contributed by atoms with van der Waals surface area (Å²) in [6.45, 7) is 4.63. The van der Waals surface area contributed by atoms with Gasteiger partial charge in [-0.25, -0.2) is 0 Å². The monoisotopic (exact) mass is 835 g/mol. The van der Waals surface area contributed by atoms with Crippen LogP contribution in [0.3, 0.4) is 0 Å². The number of benzene rings is 6. The second-order valence-electron chi connectivity index (χ2n) is 18.5. The van der Waals surface area contributed by atoms with E-state index in [9.17, 15) is 0 Å². The fraction of sp³-hybridized carbons (Fsp3) is 0.410. The summed E-state index contributed by atoms with van der Waals surface area (Å²) >= 11 is 0. The van der Waals surface area contributed by atoms with Crippen molar-refractivity contribution in [1.82, 2.24) is 0 Å². The van der Waals surface area contributed by atoms with Crippen LogP contribution >= 0.6 is 0 Å². The SMILES string of the molecule is CCCCCCCCCCCCC1(CCCCCCCCCCCC)c2cc(-c3ccccc3)ccc2-c2ccc(-c3ccc(N=Nc4ccc(-c5ccccc5)cc4)cc3)cc21. The van der Waals surface area contributed by atoms with Gasteiger partial charge < -0.3 is 0 Å². The molecule has 0 atom stereocenters. The number of hydrogen-bond donors (Lipinski definition) is 0. The van der Waals surface area contributed by atoms with Crippen LogP contribution in [0.5, 0.6) is 0 Å². The third-order valence-corrected chi connectivity index (χ3v) is 13.8. The largest absolute Gasteiger partial charge is 0.151 e. The Kier molecular flexibility index (Phi) is 18.0. The first-order valence-corrected chi connectivity index (χ1v) is 25.2. The zero-order valence-corrected chi connectivity index (χ0v) is 38.8. The average molecular weight is 835 g/mol. The van der Waals surface area contributed by atoms with Crippen molar-refractivity contribution in [3.63, 3.8) is 0 Å². The van der Waals surface area contributed by atoms with E-state index in [0.717, 1.165) is 11.4 Å². The van der Waals surface area contributed by atoms with Gasteiger partial charge in [0.15, 0.2) is 0 Å². The van der Waals surface area contributed by atoms with E-state index < -0.39 is 0 Å². The second-order valence-corrected chi connectivity index (χ2v) is 18.5. The van der Waals surface area contributed by atoms with Crippen LogP contribution in [0.25, 0.3) is 44.5 Å². The van der Waals surface area contributed by atoms with Gasteiger partial charge in [-0.3, -0.25) is 0 Å². The Hall–Kier alpha value is -5.08. The summed E-state index contributed by atoms with van der Waals surface area (Å²) in [5.41, 5.74) is 15.3. The number of hydrogen-bond acceptors (Lipinski definition) is 2. The first-order valence-electron chi connectivity index (χ1n) is 25.2. The highest BCUT2D eigenvalue weighted by Gasteiger charge is 2.42. The van der Waals surface area contributed by atoms with Crippen molar-refractivity contribution in [2.45, 2.75) is 161 Å². The molecule has 328 valence electrons. The molecule has 0 aliphatic heterocycles. The van der Waals surface area contributed by atoms with Gasteiger partial charge in [-0.15, -0.1) is 0 Å². The Morgan fingerprint density at radius 1 is 0.302 bits per heavy atom. The van der Waals surface area contributed by atoms with E-state index in [2.05, 4.69) is 158 Å². The van der Waals surface area contributed by atoms with Crippen LogP contribution < -0.4 is 0 Å². The van der Waals surface area contributed by atoms with E-state index in [4.69, 9.17) is 0 Å². The van der Waals surface area contributed by atoms with Gasteiger partial charge in [0.05, 0.1) is 11.4 Å². The van der Waals surface area contributed by atoms with Gasteiger partial charge in [-0.2, -0.15) is 10.2 Å². The first kappa shape index (κ1) is 45.9. The standard InChI is InChI=1S/C61H74N2/c1-3-5-7-9-11-13-15-17-19-27-45-61(46-28-20-18-16-14-12-10-8-6-4-2)59-47-53(50-31-25-22-26-32-50)37-43-57(59)58-44-38-54(48-60(58)61)52-35-41-56(42-36-52)63-62-55-39-33-51(34-40-55)49-29-23-21-24-30-49/h21-26,29-44,47-48H,3-20,27-28,45-46H2,1-2H3. The molecule has 0 amide bonds. The van der Waals surface area contributed by atoms with Gasteiger partial charge in [-0.1, -0.05) is 251 Å². The topological polar surface area (TPSA) is 24.7 Å². The third-order valence-electron chi connectivity index (χ3n) is 13.8.